The zero-order valence-electron chi connectivity index (χ0n) is 12.6. The second kappa shape index (κ2) is 7.16. The molecule has 22 heavy (non-hydrogen) atoms. The van der Waals surface area contributed by atoms with Crippen LogP contribution in [0, 0.1) is 17.2 Å². The van der Waals surface area contributed by atoms with Gasteiger partial charge in [-0.2, -0.15) is 14.0 Å². The number of carbonyl (C=O) groups excluding carboxylic acids is 1. The Bertz CT molecular complexity index is 527. The molecule has 1 amide bonds. The first-order valence-electron chi connectivity index (χ1n) is 8.00. The van der Waals surface area contributed by atoms with Crippen LogP contribution in [-0.4, -0.2) is 56.7 Å². The van der Waals surface area contributed by atoms with E-state index in [0.29, 0.717) is 24.7 Å². The van der Waals surface area contributed by atoms with Crippen molar-refractivity contribution in [1.82, 2.24) is 18.5 Å². The van der Waals surface area contributed by atoms with Gasteiger partial charge in [0.25, 0.3) is 5.91 Å². The fourth-order valence-electron chi connectivity index (χ4n) is 3.56. The minimum absolute atomic E-state index is 0.0125. The van der Waals surface area contributed by atoms with E-state index in [0.717, 1.165) is 24.8 Å². The molecule has 3 rings (SSSR count). The largest absolute Gasteiger partial charge is 0.335 e. The molecule has 1 aromatic rings. The number of hydrogen-bond acceptors (Lipinski definition) is 6. The molecule has 1 atom stereocenters. The Balaban J connectivity index is 1.56. The minimum Gasteiger partial charge on any atom is -0.335 e. The molecule has 2 aliphatic rings. The summed E-state index contributed by atoms with van der Waals surface area (Å²) in [6, 6.07) is 2.53. The lowest BCUT2D eigenvalue weighted by Crippen LogP contribution is -2.53. The molecule has 0 radical (unpaired) electrons. The van der Waals surface area contributed by atoms with Crippen molar-refractivity contribution in [3.8, 4) is 6.07 Å². The molecular formula is C15H21N5OS. The molecule has 1 aliphatic carbocycles. The maximum Gasteiger partial charge on any atom is 0.275 e. The molecule has 1 aliphatic heterocycles. The van der Waals surface area contributed by atoms with E-state index in [1.165, 1.54) is 38.3 Å². The van der Waals surface area contributed by atoms with E-state index in [1.54, 1.807) is 0 Å². The van der Waals surface area contributed by atoms with Gasteiger partial charge in [-0.3, -0.25) is 9.69 Å². The Labute approximate surface area is 135 Å². The van der Waals surface area contributed by atoms with Crippen LogP contribution in [0.5, 0.6) is 0 Å². The maximum absolute atomic E-state index is 12.3. The van der Waals surface area contributed by atoms with Crippen LogP contribution in [0.2, 0.25) is 0 Å². The SMILES string of the molecule is N#CC(C1CCCCC1)N1CCN(C(=O)c2cnsn2)CC1. The predicted molar refractivity (Wildman–Crippen MR) is 83.4 cm³/mol. The van der Waals surface area contributed by atoms with E-state index >= 15 is 0 Å². The molecule has 0 aromatic carbocycles. The lowest BCUT2D eigenvalue weighted by molar-refractivity contribution is 0.0534. The highest BCUT2D eigenvalue weighted by Gasteiger charge is 2.32. The van der Waals surface area contributed by atoms with Gasteiger partial charge in [-0.05, 0) is 18.8 Å². The van der Waals surface area contributed by atoms with Crippen LogP contribution in [-0.2, 0) is 0 Å². The van der Waals surface area contributed by atoms with Crippen molar-refractivity contribution in [1.29, 1.82) is 5.26 Å². The van der Waals surface area contributed by atoms with Gasteiger partial charge in [0, 0.05) is 26.2 Å². The fourth-order valence-corrected chi connectivity index (χ4v) is 3.97. The monoisotopic (exact) mass is 319 g/mol. The number of aromatic nitrogens is 2. The quantitative estimate of drug-likeness (QED) is 0.849. The summed E-state index contributed by atoms with van der Waals surface area (Å²) in [5.41, 5.74) is 0.433. The normalized spacial score (nSPS) is 22.2. The molecule has 1 saturated heterocycles. The van der Waals surface area contributed by atoms with E-state index in [4.69, 9.17) is 0 Å². The Hall–Kier alpha value is -1.52. The van der Waals surface area contributed by atoms with Gasteiger partial charge in [-0.1, -0.05) is 19.3 Å². The van der Waals surface area contributed by atoms with Crippen molar-refractivity contribution in [3.63, 3.8) is 0 Å². The number of hydrogen-bond donors (Lipinski definition) is 0. The second-order valence-corrected chi connectivity index (χ2v) is 6.65. The van der Waals surface area contributed by atoms with Crippen molar-refractivity contribution in [2.24, 2.45) is 5.92 Å². The zero-order valence-corrected chi connectivity index (χ0v) is 13.5. The van der Waals surface area contributed by atoms with Gasteiger partial charge < -0.3 is 4.90 Å². The Morgan fingerprint density at radius 2 is 2.00 bits per heavy atom. The summed E-state index contributed by atoms with van der Waals surface area (Å²) in [6.45, 7) is 2.89. The van der Waals surface area contributed by atoms with E-state index in [9.17, 15) is 10.1 Å². The number of nitrogens with zero attached hydrogens (tertiary/aromatic N) is 5. The molecule has 0 spiro atoms. The van der Waals surface area contributed by atoms with Gasteiger partial charge in [0.05, 0.1) is 24.0 Å². The number of amides is 1. The Kier molecular flexibility index (Phi) is 5.01. The topological polar surface area (TPSA) is 73.1 Å². The average molecular weight is 319 g/mol. The van der Waals surface area contributed by atoms with Crippen molar-refractivity contribution < 1.29 is 4.79 Å². The summed E-state index contributed by atoms with van der Waals surface area (Å²) < 4.78 is 7.89. The van der Waals surface area contributed by atoms with Crippen LogP contribution in [0.4, 0.5) is 0 Å². The standard InChI is InChI=1S/C15H21N5OS/c16-10-14(12-4-2-1-3-5-12)19-6-8-20(9-7-19)15(21)13-11-17-22-18-13/h11-12,14H,1-9H2. The smallest absolute Gasteiger partial charge is 0.275 e. The molecule has 118 valence electrons. The highest BCUT2D eigenvalue weighted by Crippen LogP contribution is 2.29. The van der Waals surface area contributed by atoms with Gasteiger partial charge >= 0.3 is 0 Å². The van der Waals surface area contributed by atoms with E-state index in [1.807, 2.05) is 4.90 Å². The van der Waals surface area contributed by atoms with Crippen molar-refractivity contribution in [3.05, 3.63) is 11.9 Å². The highest BCUT2D eigenvalue weighted by molar-refractivity contribution is 6.99. The number of nitriles is 1. The summed E-state index contributed by atoms with van der Waals surface area (Å²) in [6.07, 6.45) is 7.66. The summed E-state index contributed by atoms with van der Waals surface area (Å²) >= 11 is 1.06. The highest BCUT2D eigenvalue weighted by atomic mass is 32.1. The number of carbonyl (C=O) groups is 1. The predicted octanol–water partition coefficient (Wildman–Crippen LogP) is 1.77. The number of piperazine rings is 1. The average Bonchev–Trinajstić information content (AvgIpc) is 3.11. The molecule has 1 saturated carbocycles. The molecule has 0 N–H and O–H groups in total. The van der Waals surface area contributed by atoms with Crippen LogP contribution in [0.15, 0.2) is 6.20 Å². The van der Waals surface area contributed by atoms with Gasteiger partial charge in [0.1, 0.15) is 6.04 Å². The summed E-state index contributed by atoms with van der Waals surface area (Å²) in [5.74, 6) is 0.461. The van der Waals surface area contributed by atoms with Crippen molar-refractivity contribution in [2.45, 2.75) is 38.1 Å². The van der Waals surface area contributed by atoms with Crippen LogP contribution >= 0.6 is 11.7 Å². The first kappa shape index (κ1) is 15.4. The summed E-state index contributed by atoms with van der Waals surface area (Å²) in [4.78, 5) is 16.3. The van der Waals surface area contributed by atoms with Crippen LogP contribution in [0.3, 0.4) is 0 Å². The van der Waals surface area contributed by atoms with Gasteiger partial charge in [0.15, 0.2) is 5.69 Å². The number of rotatable bonds is 3. The van der Waals surface area contributed by atoms with Gasteiger partial charge in [-0.15, -0.1) is 0 Å². The third kappa shape index (κ3) is 3.28. The Morgan fingerprint density at radius 3 is 2.59 bits per heavy atom. The first-order valence-corrected chi connectivity index (χ1v) is 8.73. The maximum atomic E-state index is 12.3. The molecular weight excluding hydrogens is 298 g/mol. The first-order chi connectivity index (χ1) is 10.8. The van der Waals surface area contributed by atoms with Crippen LogP contribution in [0.1, 0.15) is 42.6 Å². The lowest BCUT2D eigenvalue weighted by atomic mass is 9.83. The minimum atomic E-state index is -0.0421. The van der Waals surface area contributed by atoms with E-state index < -0.39 is 0 Å². The van der Waals surface area contributed by atoms with Crippen LogP contribution < -0.4 is 0 Å². The van der Waals surface area contributed by atoms with Crippen molar-refractivity contribution in [2.75, 3.05) is 26.2 Å². The second-order valence-electron chi connectivity index (χ2n) is 6.09. The molecule has 6 nitrogen and oxygen atoms in total. The van der Waals surface area contributed by atoms with Crippen LogP contribution in [0.25, 0.3) is 0 Å². The van der Waals surface area contributed by atoms with E-state index in [2.05, 4.69) is 19.7 Å². The Morgan fingerprint density at radius 1 is 1.27 bits per heavy atom. The third-order valence-corrected chi connectivity index (χ3v) is 5.28. The molecule has 2 heterocycles. The van der Waals surface area contributed by atoms with Gasteiger partial charge in [-0.25, -0.2) is 0 Å². The molecule has 0 bridgehead atoms. The molecule has 2 fully saturated rings. The van der Waals surface area contributed by atoms with Gasteiger partial charge in [0.2, 0.25) is 0 Å². The zero-order chi connectivity index (χ0) is 15.4. The molecule has 7 heteroatoms. The van der Waals surface area contributed by atoms with Crippen molar-refractivity contribution >= 4 is 17.6 Å². The molecule has 1 aromatic heterocycles. The lowest BCUT2D eigenvalue weighted by Gasteiger charge is -2.40. The fraction of sp³-hybridized carbons (Fsp3) is 0.733. The van der Waals surface area contributed by atoms with E-state index in [-0.39, 0.29) is 11.9 Å². The summed E-state index contributed by atoms with van der Waals surface area (Å²) in [7, 11) is 0. The third-order valence-electron chi connectivity index (χ3n) is 4.80. The summed E-state index contributed by atoms with van der Waals surface area (Å²) in [5, 5.41) is 9.57. The molecule has 1 unspecified atom stereocenters.